The molecule has 1 saturated heterocycles. The summed E-state index contributed by atoms with van der Waals surface area (Å²) < 4.78 is 0. The number of carbonyl (C=O) groups excluding carboxylic acids is 1. The Kier molecular flexibility index (Phi) is 3.59. The summed E-state index contributed by atoms with van der Waals surface area (Å²) in [6, 6.07) is 0. The highest BCUT2D eigenvalue weighted by Crippen LogP contribution is 2.34. The van der Waals surface area contributed by atoms with Crippen molar-refractivity contribution in [1.29, 1.82) is 0 Å². The summed E-state index contributed by atoms with van der Waals surface area (Å²) >= 11 is 0. The molecule has 1 rings (SSSR count). The van der Waals surface area contributed by atoms with Crippen LogP contribution in [0.25, 0.3) is 0 Å². The van der Waals surface area contributed by atoms with E-state index in [-0.39, 0.29) is 5.41 Å². The van der Waals surface area contributed by atoms with Crippen LogP contribution in [0.2, 0.25) is 0 Å². The lowest BCUT2D eigenvalue weighted by atomic mass is 9.80. The molecule has 15 heavy (non-hydrogen) atoms. The molecular formula is C13H25NO. The zero-order valence-corrected chi connectivity index (χ0v) is 10.8. The minimum absolute atomic E-state index is 0.188. The van der Waals surface area contributed by atoms with Crippen LogP contribution in [-0.4, -0.2) is 30.8 Å². The Morgan fingerprint density at radius 3 is 2.27 bits per heavy atom. The van der Waals surface area contributed by atoms with Gasteiger partial charge in [-0.3, -0.25) is 0 Å². The molecule has 0 spiro atoms. The van der Waals surface area contributed by atoms with Crippen LogP contribution in [0.5, 0.6) is 0 Å². The lowest BCUT2D eigenvalue weighted by molar-refractivity contribution is -0.115. The van der Waals surface area contributed by atoms with Gasteiger partial charge in [0.25, 0.3) is 0 Å². The highest BCUT2D eigenvalue weighted by Gasteiger charge is 2.33. The van der Waals surface area contributed by atoms with Crippen LogP contribution in [0.1, 0.15) is 41.0 Å². The van der Waals surface area contributed by atoms with E-state index in [1.165, 1.54) is 6.42 Å². The van der Waals surface area contributed by atoms with Crippen molar-refractivity contribution in [3.05, 3.63) is 0 Å². The van der Waals surface area contributed by atoms with Gasteiger partial charge in [-0.2, -0.15) is 0 Å². The Hall–Kier alpha value is -0.370. The first kappa shape index (κ1) is 12.7. The minimum Gasteiger partial charge on any atom is -0.303 e. The van der Waals surface area contributed by atoms with Crippen molar-refractivity contribution >= 4 is 6.29 Å². The molecule has 0 bridgehead atoms. The van der Waals surface area contributed by atoms with Crippen molar-refractivity contribution in [1.82, 2.24) is 4.90 Å². The molecule has 0 aromatic rings. The normalized spacial score (nSPS) is 24.5. The third kappa shape index (κ3) is 3.60. The zero-order chi connectivity index (χ0) is 11.7. The van der Waals surface area contributed by atoms with E-state index >= 15 is 0 Å². The van der Waals surface area contributed by atoms with Crippen LogP contribution in [0.15, 0.2) is 0 Å². The molecule has 0 N–H and O–H groups in total. The monoisotopic (exact) mass is 211 g/mol. The van der Waals surface area contributed by atoms with E-state index in [9.17, 15) is 4.79 Å². The first-order valence-electron chi connectivity index (χ1n) is 5.93. The molecule has 0 saturated carbocycles. The van der Waals surface area contributed by atoms with Gasteiger partial charge in [0.15, 0.2) is 0 Å². The molecule has 0 radical (unpaired) electrons. The molecule has 2 heteroatoms. The summed E-state index contributed by atoms with van der Waals surface area (Å²) in [6.45, 7) is 14.2. The van der Waals surface area contributed by atoms with Gasteiger partial charge >= 0.3 is 0 Å². The van der Waals surface area contributed by atoms with Crippen molar-refractivity contribution in [2.24, 2.45) is 16.7 Å². The summed E-state index contributed by atoms with van der Waals surface area (Å²) in [5.41, 5.74) is 0.215. The number of hydrogen-bond acceptors (Lipinski definition) is 2. The highest BCUT2D eigenvalue weighted by atomic mass is 16.1. The topological polar surface area (TPSA) is 20.3 Å². The van der Waals surface area contributed by atoms with E-state index in [0.717, 1.165) is 31.8 Å². The molecule has 0 aromatic heterocycles. The fraction of sp³-hybridized carbons (Fsp3) is 0.923. The summed E-state index contributed by atoms with van der Waals surface area (Å²) in [5, 5.41) is 0. The van der Waals surface area contributed by atoms with Crippen molar-refractivity contribution in [3.63, 3.8) is 0 Å². The average molecular weight is 211 g/mol. The Morgan fingerprint density at radius 2 is 1.87 bits per heavy atom. The fourth-order valence-corrected chi connectivity index (χ4v) is 2.30. The molecule has 2 nitrogen and oxygen atoms in total. The molecule has 1 aliphatic heterocycles. The van der Waals surface area contributed by atoms with Crippen LogP contribution in [-0.2, 0) is 4.79 Å². The third-order valence-corrected chi connectivity index (χ3v) is 3.45. The Bertz CT molecular complexity index is 227. The molecular weight excluding hydrogens is 186 g/mol. The predicted molar refractivity (Wildman–Crippen MR) is 63.8 cm³/mol. The minimum atomic E-state index is -0.188. The highest BCUT2D eigenvalue weighted by molar-refractivity contribution is 5.58. The van der Waals surface area contributed by atoms with Crippen LogP contribution in [0.3, 0.4) is 0 Å². The number of carbonyl (C=O) groups is 1. The Labute approximate surface area is 94.0 Å². The maximum absolute atomic E-state index is 10.9. The first-order valence-corrected chi connectivity index (χ1v) is 5.93. The van der Waals surface area contributed by atoms with Gasteiger partial charge in [0.1, 0.15) is 6.29 Å². The summed E-state index contributed by atoms with van der Waals surface area (Å²) in [4.78, 5) is 13.3. The molecule has 88 valence electrons. The number of hydrogen-bond donors (Lipinski definition) is 0. The quantitative estimate of drug-likeness (QED) is 0.669. The fourth-order valence-electron chi connectivity index (χ4n) is 2.30. The first-order chi connectivity index (χ1) is 6.74. The smallest absolute Gasteiger partial charge is 0.126 e. The van der Waals surface area contributed by atoms with Crippen LogP contribution in [0.4, 0.5) is 0 Å². The van der Waals surface area contributed by atoms with Gasteiger partial charge < -0.3 is 9.69 Å². The van der Waals surface area contributed by atoms with E-state index in [4.69, 9.17) is 0 Å². The molecule has 1 aliphatic rings. The van der Waals surface area contributed by atoms with E-state index in [0.29, 0.717) is 5.41 Å². The van der Waals surface area contributed by atoms with Gasteiger partial charge in [-0.15, -0.1) is 0 Å². The van der Waals surface area contributed by atoms with Gasteiger partial charge in [0, 0.05) is 18.5 Å². The van der Waals surface area contributed by atoms with Gasteiger partial charge in [-0.25, -0.2) is 0 Å². The molecule has 1 heterocycles. The van der Waals surface area contributed by atoms with Crippen molar-refractivity contribution in [3.8, 4) is 0 Å². The van der Waals surface area contributed by atoms with Gasteiger partial charge in [-0.1, -0.05) is 34.6 Å². The molecule has 1 atom stereocenters. The van der Waals surface area contributed by atoms with Crippen LogP contribution >= 0.6 is 0 Å². The van der Waals surface area contributed by atoms with Crippen LogP contribution < -0.4 is 0 Å². The van der Waals surface area contributed by atoms with E-state index < -0.39 is 0 Å². The maximum atomic E-state index is 10.9. The Morgan fingerprint density at radius 1 is 1.27 bits per heavy atom. The second kappa shape index (κ2) is 4.25. The maximum Gasteiger partial charge on any atom is 0.126 e. The second-order valence-corrected chi connectivity index (χ2v) is 6.69. The van der Waals surface area contributed by atoms with Crippen LogP contribution in [0, 0.1) is 16.7 Å². The summed E-state index contributed by atoms with van der Waals surface area (Å²) in [6.07, 6.45) is 2.36. The molecule has 1 unspecified atom stereocenters. The van der Waals surface area contributed by atoms with Crippen molar-refractivity contribution < 1.29 is 4.79 Å². The third-order valence-electron chi connectivity index (χ3n) is 3.45. The number of rotatable bonds is 3. The van der Waals surface area contributed by atoms with E-state index in [1.807, 2.05) is 13.8 Å². The second-order valence-electron chi connectivity index (χ2n) is 6.69. The van der Waals surface area contributed by atoms with E-state index in [2.05, 4.69) is 25.7 Å². The standard InChI is InChI=1S/C13H25NO/c1-12(2,3)11-6-7-14(8-11)9-13(4,5)10-15/h10-11H,6-9H2,1-5H3. The molecule has 1 fully saturated rings. The van der Waals surface area contributed by atoms with Gasteiger partial charge in [-0.05, 0) is 24.3 Å². The number of nitrogens with zero attached hydrogens (tertiary/aromatic N) is 1. The van der Waals surface area contributed by atoms with Gasteiger partial charge in [0.2, 0.25) is 0 Å². The van der Waals surface area contributed by atoms with Crippen molar-refractivity contribution in [2.45, 2.75) is 41.0 Å². The summed E-state index contributed by atoms with van der Waals surface area (Å²) in [5.74, 6) is 0.778. The van der Waals surface area contributed by atoms with Crippen molar-refractivity contribution in [2.75, 3.05) is 19.6 Å². The molecule has 0 aliphatic carbocycles. The Balaban J connectivity index is 2.47. The molecule has 0 amide bonds. The SMILES string of the molecule is CC(C)(C=O)CN1CCC(C(C)(C)C)C1. The van der Waals surface area contributed by atoms with Gasteiger partial charge in [0.05, 0.1) is 0 Å². The molecule has 0 aromatic carbocycles. The predicted octanol–water partition coefficient (Wildman–Crippen LogP) is 2.58. The lowest BCUT2D eigenvalue weighted by Crippen LogP contribution is -2.34. The average Bonchev–Trinajstić information content (AvgIpc) is 2.51. The lowest BCUT2D eigenvalue weighted by Gasteiger charge is -2.29. The van der Waals surface area contributed by atoms with E-state index in [1.54, 1.807) is 0 Å². The number of aldehydes is 1. The largest absolute Gasteiger partial charge is 0.303 e. The number of likely N-dealkylation sites (tertiary alicyclic amines) is 1. The summed E-state index contributed by atoms with van der Waals surface area (Å²) in [7, 11) is 0. The zero-order valence-electron chi connectivity index (χ0n) is 10.8.